The van der Waals surface area contributed by atoms with Crippen molar-refractivity contribution in [1.29, 1.82) is 0 Å². The smallest absolute Gasteiger partial charge is 0.253 e. The molecule has 1 saturated heterocycles. The molecule has 0 spiro atoms. The molecule has 5 heteroatoms. The lowest BCUT2D eigenvalue weighted by Crippen LogP contribution is -2.48. The summed E-state index contributed by atoms with van der Waals surface area (Å²) in [4.78, 5) is 12.4. The quantitative estimate of drug-likeness (QED) is 0.813. The molecule has 0 aliphatic carbocycles. The Morgan fingerprint density at radius 2 is 2.19 bits per heavy atom. The van der Waals surface area contributed by atoms with Crippen molar-refractivity contribution in [2.45, 2.75) is 51.2 Å². The Kier molecular flexibility index (Phi) is 5.27. The molecule has 116 valence electrons. The van der Waals surface area contributed by atoms with Crippen LogP contribution in [0, 0.1) is 0 Å². The minimum atomic E-state index is -0.109. The van der Waals surface area contributed by atoms with Crippen LogP contribution >= 0.6 is 15.9 Å². The summed E-state index contributed by atoms with van der Waals surface area (Å²) in [6.45, 7) is 4.97. The molecule has 1 aliphatic rings. The van der Waals surface area contributed by atoms with Crippen LogP contribution in [0.15, 0.2) is 22.7 Å². The number of rotatable bonds is 4. The third-order valence-corrected chi connectivity index (χ3v) is 4.87. The van der Waals surface area contributed by atoms with Gasteiger partial charge in [0.1, 0.15) is 0 Å². The molecule has 2 rings (SSSR count). The second-order valence-corrected chi connectivity index (χ2v) is 6.55. The van der Waals surface area contributed by atoms with E-state index in [1.54, 1.807) is 12.1 Å². The lowest BCUT2D eigenvalue weighted by atomic mass is 9.86. The van der Waals surface area contributed by atoms with Crippen molar-refractivity contribution < 1.29 is 9.53 Å². The number of ether oxygens (including phenoxy) is 1. The van der Waals surface area contributed by atoms with E-state index >= 15 is 0 Å². The summed E-state index contributed by atoms with van der Waals surface area (Å²) < 4.78 is 6.79. The van der Waals surface area contributed by atoms with Crippen LogP contribution in [0.25, 0.3) is 0 Å². The fraction of sp³-hybridized carbons (Fsp3) is 0.562. The predicted molar refractivity (Wildman–Crippen MR) is 88.3 cm³/mol. The van der Waals surface area contributed by atoms with Crippen LogP contribution in [0.3, 0.4) is 0 Å². The van der Waals surface area contributed by atoms with Gasteiger partial charge in [-0.1, -0.05) is 29.8 Å². The predicted octanol–water partition coefficient (Wildman–Crippen LogP) is 3.50. The van der Waals surface area contributed by atoms with E-state index < -0.39 is 0 Å². The molecule has 3 N–H and O–H groups in total. The van der Waals surface area contributed by atoms with E-state index in [1.165, 1.54) is 0 Å². The minimum absolute atomic E-state index is 0.0982. The average molecular weight is 355 g/mol. The third-order valence-electron chi connectivity index (χ3n) is 4.38. The maximum atomic E-state index is 12.4. The number of amides is 1. The molecule has 1 aliphatic heterocycles. The molecule has 1 atom stereocenters. The van der Waals surface area contributed by atoms with Gasteiger partial charge in [-0.05, 0) is 43.9 Å². The van der Waals surface area contributed by atoms with Crippen molar-refractivity contribution in [2.75, 3.05) is 12.3 Å². The standard InChI is InChI=1S/C16H23BrN2O2/c1-3-16(4-2)10-12(7-8-21-16)19-15(20)13-9-11(17)5-6-14(13)18/h5-6,9,12H,3-4,7-8,10,18H2,1-2H3,(H,19,20). The lowest BCUT2D eigenvalue weighted by Gasteiger charge is -2.40. The number of nitrogen functional groups attached to an aromatic ring is 1. The highest BCUT2D eigenvalue weighted by molar-refractivity contribution is 9.10. The highest BCUT2D eigenvalue weighted by Crippen LogP contribution is 2.31. The Morgan fingerprint density at radius 1 is 1.48 bits per heavy atom. The molecule has 1 amide bonds. The molecular formula is C16H23BrN2O2. The highest BCUT2D eigenvalue weighted by Gasteiger charge is 2.35. The Morgan fingerprint density at radius 3 is 2.86 bits per heavy atom. The average Bonchev–Trinajstić information content (AvgIpc) is 2.49. The van der Waals surface area contributed by atoms with Gasteiger partial charge in [-0.25, -0.2) is 0 Å². The van der Waals surface area contributed by atoms with Gasteiger partial charge < -0.3 is 15.8 Å². The van der Waals surface area contributed by atoms with Crippen molar-refractivity contribution in [3.05, 3.63) is 28.2 Å². The number of carbonyl (C=O) groups excluding carboxylic acids is 1. The van der Waals surface area contributed by atoms with Crippen LogP contribution in [0.5, 0.6) is 0 Å². The van der Waals surface area contributed by atoms with E-state index in [4.69, 9.17) is 10.5 Å². The van der Waals surface area contributed by atoms with Gasteiger partial charge in [0.2, 0.25) is 0 Å². The fourth-order valence-electron chi connectivity index (χ4n) is 2.88. The van der Waals surface area contributed by atoms with Gasteiger partial charge in [0.25, 0.3) is 5.91 Å². The number of anilines is 1. The van der Waals surface area contributed by atoms with E-state index in [0.29, 0.717) is 17.9 Å². The lowest BCUT2D eigenvalue weighted by molar-refractivity contribution is -0.0917. The molecule has 0 aromatic heterocycles. The summed E-state index contributed by atoms with van der Waals surface area (Å²) in [6, 6.07) is 5.48. The zero-order valence-electron chi connectivity index (χ0n) is 12.6. The van der Waals surface area contributed by atoms with E-state index in [0.717, 1.165) is 30.2 Å². The first-order chi connectivity index (χ1) is 9.99. The van der Waals surface area contributed by atoms with E-state index in [2.05, 4.69) is 35.1 Å². The number of hydrogen-bond donors (Lipinski definition) is 2. The number of benzene rings is 1. The number of hydrogen-bond acceptors (Lipinski definition) is 3. The summed E-state index contributed by atoms with van der Waals surface area (Å²) in [5.41, 5.74) is 6.82. The number of nitrogens with two attached hydrogens (primary N) is 1. The Bertz CT molecular complexity index is 515. The maximum absolute atomic E-state index is 12.4. The summed E-state index contributed by atoms with van der Waals surface area (Å²) in [5.74, 6) is -0.109. The second kappa shape index (κ2) is 6.79. The SMILES string of the molecule is CCC1(CC)CC(NC(=O)c2cc(Br)ccc2N)CCO1. The molecule has 4 nitrogen and oxygen atoms in total. The first-order valence-corrected chi connectivity index (χ1v) is 8.29. The summed E-state index contributed by atoms with van der Waals surface area (Å²) in [7, 11) is 0. The summed E-state index contributed by atoms with van der Waals surface area (Å²) in [6.07, 6.45) is 3.64. The highest BCUT2D eigenvalue weighted by atomic mass is 79.9. The molecule has 0 bridgehead atoms. The molecule has 1 heterocycles. The van der Waals surface area contributed by atoms with Crippen molar-refractivity contribution in [2.24, 2.45) is 0 Å². The first-order valence-electron chi connectivity index (χ1n) is 7.49. The van der Waals surface area contributed by atoms with Gasteiger partial charge in [-0.3, -0.25) is 4.79 Å². The van der Waals surface area contributed by atoms with Crippen molar-refractivity contribution in [3.63, 3.8) is 0 Å². The molecule has 1 aromatic carbocycles. The molecule has 21 heavy (non-hydrogen) atoms. The molecule has 0 saturated carbocycles. The van der Waals surface area contributed by atoms with Crippen LogP contribution in [0.2, 0.25) is 0 Å². The van der Waals surface area contributed by atoms with Gasteiger partial charge in [-0.15, -0.1) is 0 Å². The zero-order chi connectivity index (χ0) is 15.5. The minimum Gasteiger partial charge on any atom is -0.398 e. The third kappa shape index (κ3) is 3.77. The van der Waals surface area contributed by atoms with Crippen LogP contribution in [0.4, 0.5) is 5.69 Å². The zero-order valence-corrected chi connectivity index (χ0v) is 14.2. The monoisotopic (exact) mass is 354 g/mol. The van der Waals surface area contributed by atoms with Gasteiger partial charge in [-0.2, -0.15) is 0 Å². The Balaban J connectivity index is 2.07. The Labute approximate surface area is 134 Å². The van der Waals surface area contributed by atoms with Crippen LogP contribution in [0.1, 0.15) is 49.9 Å². The largest absolute Gasteiger partial charge is 0.398 e. The van der Waals surface area contributed by atoms with Crippen molar-refractivity contribution >= 4 is 27.5 Å². The molecule has 1 aromatic rings. The second-order valence-electron chi connectivity index (χ2n) is 5.63. The molecule has 1 unspecified atom stereocenters. The first kappa shape index (κ1) is 16.3. The number of nitrogens with one attached hydrogen (secondary N) is 1. The Hall–Kier alpha value is -1.07. The van der Waals surface area contributed by atoms with E-state index in [9.17, 15) is 4.79 Å². The van der Waals surface area contributed by atoms with Crippen molar-refractivity contribution in [3.8, 4) is 0 Å². The number of carbonyl (C=O) groups is 1. The normalized spacial score (nSPS) is 21.0. The van der Waals surface area contributed by atoms with Gasteiger partial charge in [0.05, 0.1) is 11.2 Å². The topological polar surface area (TPSA) is 64.4 Å². The summed E-state index contributed by atoms with van der Waals surface area (Å²) >= 11 is 3.37. The van der Waals surface area contributed by atoms with Gasteiger partial charge in [0, 0.05) is 22.8 Å². The molecular weight excluding hydrogens is 332 g/mol. The fourth-order valence-corrected chi connectivity index (χ4v) is 3.24. The van der Waals surface area contributed by atoms with Gasteiger partial charge >= 0.3 is 0 Å². The van der Waals surface area contributed by atoms with Gasteiger partial charge in [0.15, 0.2) is 0 Å². The maximum Gasteiger partial charge on any atom is 0.253 e. The number of halogens is 1. The van der Waals surface area contributed by atoms with E-state index in [-0.39, 0.29) is 17.6 Å². The summed E-state index contributed by atoms with van der Waals surface area (Å²) in [5, 5.41) is 3.11. The van der Waals surface area contributed by atoms with Crippen LogP contribution < -0.4 is 11.1 Å². The van der Waals surface area contributed by atoms with Crippen LogP contribution in [-0.4, -0.2) is 24.2 Å². The molecule has 0 radical (unpaired) electrons. The van der Waals surface area contributed by atoms with Crippen molar-refractivity contribution in [1.82, 2.24) is 5.32 Å². The van der Waals surface area contributed by atoms with E-state index in [1.807, 2.05) is 6.07 Å². The van der Waals surface area contributed by atoms with Crippen LogP contribution in [-0.2, 0) is 4.74 Å². The molecule has 1 fully saturated rings.